The number of aromatic nitrogens is 3. The maximum atomic E-state index is 4.85. The predicted molar refractivity (Wildman–Crippen MR) is 48.1 cm³/mol. The zero-order valence-corrected chi connectivity index (χ0v) is 7.82. The van der Waals surface area contributed by atoms with Gasteiger partial charge in [0.25, 0.3) is 0 Å². The molecule has 0 radical (unpaired) electrons. The fourth-order valence-electron chi connectivity index (χ4n) is 0.876. The minimum absolute atomic E-state index is 0.503. The van der Waals surface area contributed by atoms with Crippen LogP contribution in [0.3, 0.4) is 0 Å². The third kappa shape index (κ3) is 1.21. The van der Waals surface area contributed by atoms with E-state index in [1.165, 1.54) is 0 Å². The van der Waals surface area contributed by atoms with Crippen LogP contribution in [0.2, 0.25) is 0 Å². The molecular formula is C6H4BrN3S. The Labute approximate surface area is 76.2 Å². The molecule has 0 bridgehead atoms. The maximum absolute atomic E-state index is 4.85. The minimum Gasteiger partial charge on any atom is -0.267 e. The van der Waals surface area contributed by atoms with Crippen molar-refractivity contribution in [3.8, 4) is 0 Å². The van der Waals surface area contributed by atoms with Gasteiger partial charge in [0.05, 0.1) is 0 Å². The van der Waals surface area contributed by atoms with Crippen LogP contribution < -0.4 is 0 Å². The van der Waals surface area contributed by atoms with Gasteiger partial charge in [-0.3, -0.25) is 5.10 Å². The molecule has 0 unspecified atom stereocenters. The van der Waals surface area contributed by atoms with E-state index in [2.05, 4.69) is 26.0 Å². The zero-order chi connectivity index (χ0) is 7.84. The molecule has 1 N–H and O–H groups in total. The molecule has 2 heterocycles. The van der Waals surface area contributed by atoms with E-state index >= 15 is 0 Å². The molecule has 0 atom stereocenters. The number of aromatic amines is 1. The molecule has 0 aliphatic rings. The number of nitrogens with zero attached hydrogens (tertiary/aromatic N) is 2. The SMILES string of the molecule is S=c1nc2cc(Br)ccn2[nH]1. The lowest BCUT2D eigenvalue weighted by molar-refractivity contribution is 0.951. The van der Waals surface area contributed by atoms with Crippen molar-refractivity contribution in [2.24, 2.45) is 0 Å². The maximum Gasteiger partial charge on any atom is 0.214 e. The molecule has 3 nitrogen and oxygen atoms in total. The zero-order valence-electron chi connectivity index (χ0n) is 5.41. The molecule has 0 amide bonds. The monoisotopic (exact) mass is 229 g/mol. The van der Waals surface area contributed by atoms with Crippen molar-refractivity contribution in [1.29, 1.82) is 0 Å². The van der Waals surface area contributed by atoms with Crippen LogP contribution in [0.15, 0.2) is 22.8 Å². The predicted octanol–water partition coefficient (Wildman–Crippen LogP) is 2.15. The van der Waals surface area contributed by atoms with Gasteiger partial charge in [-0.05, 0) is 24.4 Å². The first-order valence-electron chi connectivity index (χ1n) is 3.00. The number of fused-ring (bicyclic) bond motifs is 1. The van der Waals surface area contributed by atoms with Gasteiger partial charge in [0, 0.05) is 10.7 Å². The van der Waals surface area contributed by atoms with E-state index in [1.807, 2.05) is 18.3 Å². The molecule has 0 spiro atoms. The molecule has 56 valence electrons. The molecule has 0 aliphatic heterocycles. The molecule has 2 rings (SSSR count). The van der Waals surface area contributed by atoms with Crippen molar-refractivity contribution in [1.82, 2.24) is 14.6 Å². The van der Waals surface area contributed by atoms with E-state index in [-0.39, 0.29) is 0 Å². The van der Waals surface area contributed by atoms with Gasteiger partial charge >= 0.3 is 0 Å². The molecule has 0 aliphatic carbocycles. The van der Waals surface area contributed by atoms with E-state index in [0.29, 0.717) is 4.77 Å². The highest BCUT2D eigenvalue weighted by Crippen LogP contribution is 2.10. The van der Waals surface area contributed by atoms with Crippen LogP contribution in [-0.4, -0.2) is 14.6 Å². The first-order chi connectivity index (χ1) is 5.25. The molecule has 11 heavy (non-hydrogen) atoms. The van der Waals surface area contributed by atoms with Crippen LogP contribution in [0.25, 0.3) is 5.65 Å². The minimum atomic E-state index is 0.503. The van der Waals surface area contributed by atoms with E-state index < -0.39 is 0 Å². The summed E-state index contributed by atoms with van der Waals surface area (Å²) in [6.45, 7) is 0. The third-order valence-corrected chi connectivity index (χ3v) is 2.00. The molecule has 0 aromatic carbocycles. The van der Waals surface area contributed by atoms with Gasteiger partial charge in [0.2, 0.25) is 4.77 Å². The van der Waals surface area contributed by atoms with Crippen molar-refractivity contribution in [2.75, 3.05) is 0 Å². The molecular weight excluding hydrogens is 226 g/mol. The topological polar surface area (TPSA) is 33.1 Å². The van der Waals surface area contributed by atoms with Crippen molar-refractivity contribution >= 4 is 33.8 Å². The summed E-state index contributed by atoms with van der Waals surface area (Å²) >= 11 is 8.19. The van der Waals surface area contributed by atoms with Gasteiger partial charge < -0.3 is 0 Å². The standard InChI is InChI=1S/C6H4BrN3S/c7-4-1-2-10-5(3-4)8-6(11)9-10/h1-3H,(H,9,11). The van der Waals surface area contributed by atoms with E-state index in [0.717, 1.165) is 10.1 Å². The summed E-state index contributed by atoms with van der Waals surface area (Å²) in [5.41, 5.74) is 0.823. The molecule has 0 fully saturated rings. The molecule has 0 saturated heterocycles. The van der Waals surface area contributed by atoms with Crippen LogP contribution in [0.4, 0.5) is 0 Å². The second kappa shape index (κ2) is 2.42. The Morgan fingerprint density at radius 1 is 1.64 bits per heavy atom. The Bertz CT molecular complexity index is 444. The van der Waals surface area contributed by atoms with Crippen molar-refractivity contribution in [3.05, 3.63) is 27.6 Å². The summed E-state index contributed by atoms with van der Waals surface area (Å²) in [5.74, 6) is 0. The fraction of sp³-hybridized carbons (Fsp3) is 0. The quantitative estimate of drug-likeness (QED) is 0.703. The average molecular weight is 230 g/mol. The highest BCUT2D eigenvalue weighted by atomic mass is 79.9. The highest BCUT2D eigenvalue weighted by molar-refractivity contribution is 9.10. The summed E-state index contributed by atoms with van der Waals surface area (Å²) in [6.07, 6.45) is 1.86. The number of H-pyrrole nitrogens is 1. The van der Waals surface area contributed by atoms with Crippen LogP contribution in [0.5, 0.6) is 0 Å². The Balaban J connectivity index is 2.92. The van der Waals surface area contributed by atoms with Crippen LogP contribution in [0.1, 0.15) is 0 Å². The first kappa shape index (κ1) is 7.00. The lowest BCUT2D eigenvalue weighted by Crippen LogP contribution is -1.84. The summed E-state index contributed by atoms with van der Waals surface area (Å²) < 4.78 is 3.27. The number of pyridine rings is 1. The third-order valence-electron chi connectivity index (χ3n) is 1.33. The summed E-state index contributed by atoms with van der Waals surface area (Å²) in [5, 5.41) is 2.89. The second-order valence-corrected chi connectivity index (χ2v) is 3.40. The Kier molecular flexibility index (Phi) is 1.54. The van der Waals surface area contributed by atoms with Crippen molar-refractivity contribution < 1.29 is 0 Å². The van der Waals surface area contributed by atoms with E-state index in [4.69, 9.17) is 12.2 Å². The lowest BCUT2D eigenvalue weighted by atomic mass is 10.5. The number of halogens is 1. The molecule has 2 aromatic heterocycles. The summed E-state index contributed by atoms with van der Waals surface area (Å²) in [6, 6.07) is 3.81. The smallest absolute Gasteiger partial charge is 0.214 e. The van der Waals surface area contributed by atoms with Gasteiger partial charge in [0.1, 0.15) is 0 Å². The lowest BCUT2D eigenvalue weighted by Gasteiger charge is -1.90. The normalized spacial score (nSPS) is 10.6. The van der Waals surface area contributed by atoms with Gasteiger partial charge in [0.15, 0.2) is 5.65 Å². The van der Waals surface area contributed by atoms with Crippen LogP contribution >= 0.6 is 28.1 Å². The number of hydrogen-bond donors (Lipinski definition) is 1. The van der Waals surface area contributed by atoms with E-state index in [9.17, 15) is 0 Å². The largest absolute Gasteiger partial charge is 0.267 e. The first-order valence-corrected chi connectivity index (χ1v) is 4.20. The Morgan fingerprint density at radius 3 is 3.27 bits per heavy atom. The van der Waals surface area contributed by atoms with E-state index in [1.54, 1.807) is 4.52 Å². The number of nitrogens with one attached hydrogen (secondary N) is 1. The molecule has 5 heteroatoms. The molecule has 2 aromatic rings. The van der Waals surface area contributed by atoms with Crippen LogP contribution in [0, 0.1) is 4.77 Å². The Morgan fingerprint density at radius 2 is 2.45 bits per heavy atom. The number of rotatable bonds is 0. The van der Waals surface area contributed by atoms with Crippen LogP contribution in [-0.2, 0) is 0 Å². The van der Waals surface area contributed by atoms with Gasteiger partial charge in [-0.1, -0.05) is 15.9 Å². The van der Waals surface area contributed by atoms with Crippen molar-refractivity contribution in [3.63, 3.8) is 0 Å². The highest BCUT2D eigenvalue weighted by Gasteiger charge is 1.94. The fourth-order valence-corrected chi connectivity index (χ4v) is 1.39. The van der Waals surface area contributed by atoms with Gasteiger partial charge in [-0.25, -0.2) is 4.52 Å². The number of hydrogen-bond acceptors (Lipinski definition) is 2. The Hall–Kier alpha value is -0.680. The summed E-state index contributed by atoms with van der Waals surface area (Å²) in [7, 11) is 0. The van der Waals surface area contributed by atoms with Crippen molar-refractivity contribution in [2.45, 2.75) is 0 Å². The van der Waals surface area contributed by atoms with Gasteiger partial charge in [-0.15, -0.1) is 0 Å². The second-order valence-electron chi connectivity index (χ2n) is 2.10. The van der Waals surface area contributed by atoms with Gasteiger partial charge in [-0.2, -0.15) is 4.98 Å². The average Bonchev–Trinajstić information content (AvgIpc) is 2.27. The molecule has 0 saturated carbocycles. The summed E-state index contributed by atoms with van der Waals surface area (Å²) in [4.78, 5) is 4.07.